The number of hydrogen-bond donors (Lipinski definition) is 0. The smallest absolute Gasteiger partial charge is 0.189 e. The van der Waals surface area contributed by atoms with Gasteiger partial charge < -0.3 is 0 Å². The number of carbonyl (C=O) groups is 1. The summed E-state index contributed by atoms with van der Waals surface area (Å²) in [5.74, 6) is -0.677. The average molecular weight is 293 g/mol. The summed E-state index contributed by atoms with van der Waals surface area (Å²) in [6, 6.07) is 4.40. The minimum absolute atomic E-state index is 0.211. The van der Waals surface area contributed by atoms with Crippen molar-refractivity contribution in [2.75, 3.05) is 0 Å². The van der Waals surface area contributed by atoms with Crippen LogP contribution in [-0.4, -0.2) is 15.6 Å². The molecule has 1 aromatic heterocycles. The molecule has 0 atom stereocenters. The highest BCUT2D eigenvalue weighted by atomic mass is 35.5. The third-order valence-electron chi connectivity index (χ3n) is 2.94. The fourth-order valence-corrected chi connectivity index (χ4v) is 2.07. The zero-order valence-corrected chi connectivity index (χ0v) is 12.0. The fraction of sp³-hybridized carbons (Fsp3) is 0.200. The molecule has 3 nitrogen and oxygen atoms in total. The number of hydrogen-bond acceptors (Lipinski definition) is 2. The van der Waals surface area contributed by atoms with E-state index in [0.29, 0.717) is 17.8 Å². The van der Waals surface area contributed by atoms with E-state index in [1.165, 1.54) is 24.3 Å². The lowest BCUT2D eigenvalue weighted by Crippen LogP contribution is -1.95. The Labute approximate surface area is 121 Å². The van der Waals surface area contributed by atoms with Crippen LogP contribution in [0, 0.1) is 12.7 Å². The molecule has 0 aliphatic heterocycles. The highest BCUT2D eigenvalue weighted by Gasteiger charge is 2.11. The number of halogens is 2. The first-order valence-corrected chi connectivity index (χ1v) is 6.61. The van der Waals surface area contributed by atoms with Gasteiger partial charge >= 0.3 is 0 Å². The minimum atomic E-state index is -0.456. The van der Waals surface area contributed by atoms with Crippen LogP contribution in [0.3, 0.4) is 0 Å². The van der Waals surface area contributed by atoms with Gasteiger partial charge in [-0.25, -0.2) is 4.39 Å². The summed E-state index contributed by atoms with van der Waals surface area (Å²) in [6.45, 7) is 4.40. The van der Waals surface area contributed by atoms with Gasteiger partial charge in [0, 0.05) is 18.3 Å². The normalized spacial score (nSPS) is 11.2. The molecule has 5 heteroatoms. The van der Waals surface area contributed by atoms with E-state index in [4.69, 9.17) is 11.6 Å². The van der Waals surface area contributed by atoms with Crippen LogP contribution in [0.1, 0.15) is 28.5 Å². The van der Waals surface area contributed by atoms with E-state index in [1.54, 1.807) is 23.9 Å². The molecule has 20 heavy (non-hydrogen) atoms. The van der Waals surface area contributed by atoms with E-state index in [-0.39, 0.29) is 16.4 Å². The molecule has 0 amide bonds. The molecule has 2 aromatic rings. The maximum atomic E-state index is 13.6. The molecule has 0 spiro atoms. The van der Waals surface area contributed by atoms with Crippen molar-refractivity contribution in [3.05, 3.63) is 58.1 Å². The number of carbonyl (C=O) groups excluding carboxylic acids is 1. The maximum Gasteiger partial charge on any atom is 0.189 e. The third-order valence-corrected chi connectivity index (χ3v) is 3.27. The molecule has 1 aromatic carbocycles. The van der Waals surface area contributed by atoms with Crippen molar-refractivity contribution in [3.8, 4) is 0 Å². The summed E-state index contributed by atoms with van der Waals surface area (Å²) in [6.07, 6.45) is 4.39. The van der Waals surface area contributed by atoms with Gasteiger partial charge in [-0.2, -0.15) is 5.10 Å². The molecule has 0 fully saturated rings. The summed E-state index contributed by atoms with van der Waals surface area (Å²) in [4.78, 5) is 12.1. The molecule has 0 radical (unpaired) electrons. The number of aromatic nitrogens is 2. The van der Waals surface area contributed by atoms with Crippen molar-refractivity contribution < 1.29 is 9.18 Å². The van der Waals surface area contributed by atoms with Crippen LogP contribution in [0.25, 0.3) is 6.08 Å². The second-order valence-corrected chi connectivity index (χ2v) is 4.72. The first-order chi connectivity index (χ1) is 9.52. The van der Waals surface area contributed by atoms with Gasteiger partial charge in [0.15, 0.2) is 5.78 Å². The molecule has 104 valence electrons. The Balaban J connectivity index is 2.27. The van der Waals surface area contributed by atoms with Crippen molar-refractivity contribution in [2.24, 2.45) is 0 Å². The standard InChI is InChI=1S/C15H14ClFN2O/c1-3-19-9-12(10(2)18-19)15(20)8-7-11-13(16)5-4-6-14(11)17/h4-9H,3H2,1-2H3/b8-7+. The summed E-state index contributed by atoms with van der Waals surface area (Å²) >= 11 is 5.90. The van der Waals surface area contributed by atoms with Gasteiger partial charge in [-0.15, -0.1) is 0 Å². The maximum absolute atomic E-state index is 13.6. The first-order valence-electron chi connectivity index (χ1n) is 6.23. The van der Waals surface area contributed by atoms with E-state index in [2.05, 4.69) is 5.10 Å². The van der Waals surface area contributed by atoms with Gasteiger partial charge in [0.05, 0.1) is 16.3 Å². The molecule has 2 rings (SSSR count). The SMILES string of the molecule is CCn1cc(C(=O)/C=C/c2c(F)cccc2Cl)c(C)n1. The zero-order chi connectivity index (χ0) is 14.7. The lowest BCUT2D eigenvalue weighted by molar-refractivity contribution is 0.104. The summed E-state index contributed by atoms with van der Waals surface area (Å²) < 4.78 is 15.3. The van der Waals surface area contributed by atoms with E-state index in [9.17, 15) is 9.18 Å². The lowest BCUT2D eigenvalue weighted by Gasteiger charge is -1.99. The molecular formula is C15H14ClFN2O. The molecule has 0 aliphatic carbocycles. The molecule has 0 saturated carbocycles. The topological polar surface area (TPSA) is 34.9 Å². The zero-order valence-electron chi connectivity index (χ0n) is 11.2. The van der Waals surface area contributed by atoms with Crippen molar-refractivity contribution in [1.29, 1.82) is 0 Å². The summed E-state index contributed by atoms with van der Waals surface area (Å²) in [7, 11) is 0. The Bertz CT molecular complexity index is 656. The molecule has 0 saturated heterocycles. The Hall–Kier alpha value is -1.94. The Morgan fingerprint density at radius 3 is 2.85 bits per heavy atom. The number of nitrogens with zero attached hydrogens (tertiary/aromatic N) is 2. The highest BCUT2D eigenvalue weighted by Crippen LogP contribution is 2.20. The average Bonchev–Trinajstić information content (AvgIpc) is 2.79. The van der Waals surface area contributed by atoms with E-state index in [1.807, 2.05) is 6.92 Å². The third kappa shape index (κ3) is 2.96. The predicted molar refractivity (Wildman–Crippen MR) is 77.4 cm³/mol. The van der Waals surface area contributed by atoms with Gasteiger partial charge in [-0.1, -0.05) is 17.7 Å². The van der Waals surface area contributed by atoms with Crippen LogP contribution in [0.4, 0.5) is 4.39 Å². The van der Waals surface area contributed by atoms with Crippen LogP contribution in [0.2, 0.25) is 5.02 Å². The van der Waals surface area contributed by atoms with E-state index >= 15 is 0 Å². The van der Waals surface area contributed by atoms with Gasteiger partial charge in [0.2, 0.25) is 0 Å². The largest absolute Gasteiger partial charge is 0.289 e. The molecule has 0 unspecified atom stereocenters. The van der Waals surface area contributed by atoms with Crippen LogP contribution in [-0.2, 0) is 6.54 Å². The van der Waals surface area contributed by atoms with Crippen LogP contribution >= 0.6 is 11.6 Å². The van der Waals surface area contributed by atoms with Gasteiger partial charge in [0.1, 0.15) is 5.82 Å². The van der Waals surface area contributed by atoms with E-state index < -0.39 is 5.82 Å². The molecule has 0 N–H and O–H groups in total. The molecule has 1 heterocycles. The monoisotopic (exact) mass is 292 g/mol. The Morgan fingerprint density at radius 1 is 1.50 bits per heavy atom. The van der Waals surface area contributed by atoms with Crippen molar-refractivity contribution in [1.82, 2.24) is 9.78 Å². The number of benzene rings is 1. The van der Waals surface area contributed by atoms with Crippen LogP contribution in [0.5, 0.6) is 0 Å². The van der Waals surface area contributed by atoms with Gasteiger partial charge in [-0.3, -0.25) is 9.48 Å². The van der Waals surface area contributed by atoms with E-state index in [0.717, 1.165) is 0 Å². The van der Waals surface area contributed by atoms with Crippen LogP contribution in [0.15, 0.2) is 30.5 Å². The molecule has 0 bridgehead atoms. The predicted octanol–water partition coefficient (Wildman–Crippen LogP) is 3.90. The summed E-state index contributed by atoms with van der Waals surface area (Å²) in [5.41, 5.74) is 1.37. The lowest BCUT2D eigenvalue weighted by atomic mass is 10.1. The number of ketones is 1. The van der Waals surface area contributed by atoms with Gasteiger partial charge in [0.25, 0.3) is 0 Å². The fourth-order valence-electron chi connectivity index (χ4n) is 1.84. The highest BCUT2D eigenvalue weighted by molar-refractivity contribution is 6.32. The first kappa shape index (κ1) is 14.5. The molecule has 0 aliphatic rings. The quantitative estimate of drug-likeness (QED) is 0.633. The summed E-state index contributed by atoms with van der Waals surface area (Å²) in [5, 5.41) is 4.48. The van der Waals surface area contributed by atoms with Gasteiger partial charge in [-0.05, 0) is 38.1 Å². The number of rotatable bonds is 4. The van der Waals surface area contributed by atoms with Crippen molar-refractivity contribution >= 4 is 23.5 Å². The molecular weight excluding hydrogens is 279 g/mol. The number of aryl methyl sites for hydroxylation is 2. The second kappa shape index (κ2) is 6.01. The Kier molecular flexibility index (Phi) is 4.35. The Morgan fingerprint density at radius 2 is 2.25 bits per heavy atom. The van der Waals surface area contributed by atoms with Crippen molar-refractivity contribution in [3.63, 3.8) is 0 Å². The number of allylic oxidation sites excluding steroid dienone is 1. The second-order valence-electron chi connectivity index (χ2n) is 4.32. The van der Waals surface area contributed by atoms with Crippen LogP contribution < -0.4 is 0 Å². The van der Waals surface area contributed by atoms with Crippen molar-refractivity contribution in [2.45, 2.75) is 20.4 Å². The minimum Gasteiger partial charge on any atom is -0.289 e.